The third-order valence-corrected chi connectivity index (χ3v) is 5.51. The van der Waals surface area contributed by atoms with Gasteiger partial charge < -0.3 is 15.2 Å². The number of pyridine rings is 1. The number of nitrogens with one attached hydrogen (secondary N) is 1. The first-order valence-corrected chi connectivity index (χ1v) is 10.7. The van der Waals surface area contributed by atoms with E-state index in [1.54, 1.807) is 0 Å². The number of aldehydes is 1. The summed E-state index contributed by atoms with van der Waals surface area (Å²) in [5.74, 6) is -0.606. The molecular formula is C26H28F2N2O3. The van der Waals surface area contributed by atoms with E-state index in [9.17, 15) is 18.7 Å². The summed E-state index contributed by atoms with van der Waals surface area (Å²) in [5.41, 5.74) is 4.33. The maximum atomic E-state index is 12.5. The Morgan fingerprint density at radius 1 is 1.18 bits per heavy atom. The number of hydrogen-bond donors (Lipinski definition) is 2. The number of halogens is 2. The lowest BCUT2D eigenvalue weighted by atomic mass is 9.87. The summed E-state index contributed by atoms with van der Waals surface area (Å²) in [6, 6.07) is 11.6. The molecule has 174 valence electrons. The Morgan fingerprint density at radius 2 is 1.82 bits per heavy atom. The largest absolute Gasteiger partial charge is 0.487 e. The molecule has 1 aliphatic rings. The molecule has 2 heterocycles. The van der Waals surface area contributed by atoms with Crippen molar-refractivity contribution >= 4 is 12.0 Å². The Labute approximate surface area is 192 Å². The minimum absolute atomic E-state index is 0.144. The quantitative estimate of drug-likeness (QED) is 0.493. The van der Waals surface area contributed by atoms with E-state index in [-0.39, 0.29) is 11.3 Å². The lowest BCUT2D eigenvalue weighted by molar-refractivity contribution is 0.0115. The van der Waals surface area contributed by atoms with E-state index in [0.717, 1.165) is 47.5 Å². The molecular weight excluding hydrogens is 426 g/mol. The van der Waals surface area contributed by atoms with E-state index in [1.807, 2.05) is 44.2 Å². The molecule has 3 aromatic rings. The fourth-order valence-electron chi connectivity index (χ4n) is 3.86. The van der Waals surface area contributed by atoms with Crippen LogP contribution in [0.1, 0.15) is 54.8 Å². The average molecular weight is 455 g/mol. The minimum Gasteiger partial charge on any atom is -0.487 e. The Balaban J connectivity index is 0.000000257. The summed E-state index contributed by atoms with van der Waals surface area (Å²) in [7, 11) is 1.45. The van der Waals surface area contributed by atoms with Crippen LogP contribution in [0.25, 0.3) is 11.1 Å². The van der Waals surface area contributed by atoms with Gasteiger partial charge in [0.25, 0.3) is 0 Å². The number of carbonyl (C=O) groups excluding carboxylic acids is 1. The Morgan fingerprint density at radius 3 is 2.33 bits per heavy atom. The predicted octanol–water partition coefficient (Wildman–Crippen LogP) is 5.72. The zero-order valence-electron chi connectivity index (χ0n) is 19.2. The number of fused-ring (bicyclic) bond motifs is 1. The van der Waals surface area contributed by atoms with Crippen molar-refractivity contribution in [2.24, 2.45) is 0 Å². The van der Waals surface area contributed by atoms with Gasteiger partial charge in [0.1, 0.15) is 23.3 Å². The molecule has 4 rings (SSSR count). The molecule has 0 saturated carbocycles. The molecule has 0 amide bonds. The van der Waals surface area contributed by atoms with Crippen molar-refractivity contribution in [3.05, 3.63) is 77.1 Å². The molecule has 0 saturated heterocycles. The van der Waals surface area contributed by atoms with Crippen molar-refractivity contribution < 1.29 is 23.4 Å². The third kappa shape index (κ3) is 5.54. The highest BCUT2D eigenvalue weighted by atomic mass is 19.1. The van der Waals surface area contributed by atoms with Crippen molar-refractivity contribution in [3.63, 3.8) is 0 Å². The minimum atomic E-state index is -0.678. The van der Waals surface area contributed by atoms with Crippen molar-refractivity contribution in [1.82, 2.24) is 4.98 Å². The van der Waals surface area contributed by atoms with Crippen LogP contribution in [-0.4, -0.2) is 29.0 Å². The van der Waals surface area contributed by atoms with Gasteiger partial charge in [-0.2, -0.15) is 0 Å². The second-order valence-electron chi connectivity index (χ2n) is 8.45. The molecule has 2 N–H and O–H groups in total. The van der Waals surface area contributed by atoms with E-state index in [4.69, 9.17) is 4.74 Å². The van der Waals surface area contributed by atoms with Gasteiger partial charge in [-0.05, 0) is 49.1 Å². The van der Waals surface area contributed by atoms with E-state index in [2.05, 4.69) is 23.3 Å². The summed E-state index contributed by atoms with van der Waals surface area (Å²) >= 11 is 0. The molecule has 2 aromatic carbocycles. The van der Waals surface area contributed by atoms with Gasteiger partial charge in [-0.3, -0.25) is 9.78 Å². The van der Waals surface area contributed by atoms with E-state index in [0.29, 0.717) is 12.0 Å². The first-order chi connectivity index (χ1) is 15.7. The number of aryl methyl sites for hydroxylation is 1. The van der Waals surface area contributed by atoms with Crippen LogP contribution in [0.4, 0.5) is 14.5 Å². The number of benzene rings is 2. The smallest absolute Gasteiger partial charge is 0.167 e. The number of hydrogen-bond acceptors (Lipinski definition) is 5. The van der Waals surface area contributed by atoms with Gasteiger partial charge in [0.05, 0.1) is 18.5 Å². The van der Waals surface area contributed by atoms with Gasteiger partial charge in [-0.25, -0.2) is 8.78 Å². The van der Waals surface area contributed by atoms with Crippen LogP contribution >= 0.6 is 0 Å². The maximum absolute atomic E-state index is 12.5. The monoisotopic (exact) mass is 454 g/mol. The molecule has 1 aromatic heterocycles. The molecule has 0 fully saturated rings. The number of carbonyl (C=O) groups is 1. The molecule has 0 radical (unpaired) electrons. The zero-order valence-corrected chi connectivity index (χ0v) is 19.2. The molecule has 1 atom stereocenters. The SMILES string of the molecule is CCc1cc2c(cc1-c1ccc(C=O)cc1)OC(C)(C)CC2O.CNc1c(F)cncc1F. The van der Waals surface area contributed by atoms with Crippen molar-refractivity contribution in [1.29, 1.82) is 0 Å². The summed E-state index contributed by atoms with van der Waals surface area (Å²) in [5, 5.41) is 12.8. The number of aromatic nitrogens is 1. The fourth-order valence-corrected chi connectivity index (χ4v) is 3.86. The number of aliphatic hydroxyl groups is 1. The summed E-state index contributed by atoms with van der Waals surface area (Å²) < 4.78 is 31.1. The van der Waals surface area contributed by atoms with Crippen LogP contribution < -0.4 is 10.1 Å². The summed E-state index contributed by atoms with van der Waals surface area (Å²) in [6.07, 6.45) is 3.72. The number of anilines is 1. The molecule has 33 heavy (non-hydrogen) atoms. The molecule has 1 aliphatic heterocycles. The second kappa shape index (κ2) is 10.1. The highest BCUT2D eigenvalue weighted by molar-refractivity contribution is 5.78. The standard InChI is InChI=1S/C20H22O3.C6H6F2N2/c1-4-14-9-17-18(22)11-20(2,3)23-19(17)10-16(14)15-7-5-13(12-21)6-8-15;1-9-6-4(7)2-10-3-5(6)8/h5-10,12,18,22H,4,11H2,1-3H3;2-3H,1H3,(H,9,10). The molecule has 0 spiro atoms. The summed E-state index contributed by atoms with van der Waals surface area (Å²) in [6.45, 7) is 6.09. The van der Waals surface area contributed by atoms with E-state index >= 15 is 0 Å². The Hall–Kier alpha value is -3.32. The lowest BCUT2D eigenvalue weighted by Crippen LogP contribution is -2.34. The van der Waals surface area contributed by atoms with Crippen molar-refractivity contribution in [2.45, 2.75) is 45.3 Å². The lowest BCUT2D eigenvalue weighted by Gasteiger charge is -2.36. The number of ether oxygens (including phenoxy) is 1. The highest BCUT2D eigenvalue weighted by Gasteiger charge is 2.33. The summed E-state index contributed by atoms with van der Waals surface area (Å²) in [4.78, 5) is 14.1. The number of rotatable bonds is 4. The molecule has 7 heteroatoms. The first kappa shape index (κ1) is 24.3. The van der Waals surface area contributed by atoms with Crippen LogP contribution in [0.5, 0.6) is 5.75 Å². The zero-order chi connectivity index (χ0) is 24.2. The second-order valence-corrected chi connectivity index (χ2v) is 8.45. The normalized spacial score (nSPS) is 16.0. The molecule has 1 unspecified atom stereocenters. The number of aliphatic hydroxyl groups excluding tert-OH is 1. The molecule has 0 aliphatic carbocycles. The Bertz CT molecular complexity index is 1110. The molecule has 5 nitrogen and oxygen atoms in total. The van der Waals surface area contributed by atoms with Crippen molar-refractivity contribution in [2.75, 3.05) is 12.4 Å². The highest BCUT2D eigenvalue weighted by Crippen LogP contribution is 2.43. The van der Waals surface area contributed by atoms with Crippen LogP contribution in [-0.2, 0) is 6.42 Å². The molecule has 0 bridgehead atoms. The van der Waals surface area contributed by atoms with E-state index in [1.165, 1.54) is 12.6 Å². The van der Waals surface area contributed by atoms with Crippen molar-refractivity contribution in [3.8, 4) is 16.9 Å². The van der Waals surface area contributed by atoms with Crippen LogP contribution in [0.2, 0.25) is 0 Å². The van der Waals surface area contributed by atoms with E-state index < -0.39 is 17.7 Å². The van der Waals surface area contributed by atoms with Gasteiger partial charge in [-0.15, -0.1) is 0 Å². The van der Waals surface area contributed by atoms with Gasteiger partial charge in [-0.1, -0.05) is 31.2 Å². The van der Waals surface area contributed by atoms with Crippen LogP contribution in [0.3, 0.4) is 0 Å². The topological polar surface area (TPSA) is 71.5 Å². The maximum Gasteiger partial charge on any atom is 0.167 e. The fraction of sp³-hybridized carbons (Fsp3) is 0.308. The third-order valence-electron chi connectivity index (χ3n) is 5.51. The van der Waals surface area contributed by atoms with Gasteiger partial charge in [0.2, 0.25) is 0 Å². The van der Waals surface area contributed by atoms with Gasteiger partial charge in [0.15, 0.2) is 11.6 Å². The van der Waals surface area contributed by atoms with Crippen LogP contribution in [0, 0.1) is 11.6 Å². The van der Waals surface area contributed by atoms with Crippen LogP contribution in [0.15, 0.2) is 48.8 Å². The average Bonchev–Trinajstić information content (AvgIpc) is 2.78. The van der Waals surface area contributed by atoms with Gasteiger partial charge in [0, 0.05) is 24.6 Å². The Kier molecular flexibility index (Phi) is 7.43. The number of nitrogens with zero attached hydrogens (tertiary/aromatic N) is 1. The van der Waals surface area contributed by atoms with Gasteiger partial charge >= 0.3 is 0 Å². The first-order valence-electron chi connectivity index (χ1n) is 10.7. The predicted molar refractivity (Wildman–Crippen MR) is 125 cm³/mol.